The standard InChI is InChI=1S/C39H65N3O9/c1-34(2,3)49-31(46)40-15-25-28(18-43)37(25,21-40)13-11-10-12-24(39-23-42(17-27(39)30(39)20-45)33(48)51-36(7,8)9)14-38-22-41(16-26(38)29(38)19-44)32(47)50-35(4,5)6/h24-30,43-45H,10-23H2,1-9H3. The number of likely N-dealkylation sites (tertiary alicyclic amines) is 3. The first-order chi connectivity index (χ1) is 23.6. The Balaban J connectivity index is 1.17. The minimum absolute atomic E-state index is 0.0662. The predicted octanol–water partition coefficient (Wildman–Crippen LogP) is 4.98. The molecule has 0 aromatic rings. The van der Waals surface area contributed by atoms with E-state index in [1.54, 1.807) is 0 Å². The van der Waals surface area contributed by atoms with Crippen LogP contribution < -0.4 is 0 Å². The van der Waals surface area contributed by atoms with Crippen molar-refractivity contribution in [3.63, 3.8) is 0 Å². The van der Waals surface area contributed by atoms with Gasteiger partial charge in [0.2, 0.25) is 0 Å². The third kappa shape index (κ3) is 7.07. The summed E-state index contributed by atoms with van der Waals surface area (Å²) in [6.07, 6.45) is 3.58. The molecule has 3 saturated carbocycles. The minimum Gasteiger partial charge on any atom is -0.444 e. The summed E-state index contributed by atoms with van der Waals surface area (Å²) in [4.78, 5) is 44.8. The number of hydrogen-bond acceptors (Lipinski definition) is 9. The van der Waals surface area contributed by atoms with Crippen LogP contribution in [0.4, 0.5) is 14.4 Å². The van der Waals surface area contributed by atoms with Gasteiger partial charge in [0.05, 0.1) is 0 Å². The number of fused-ring (bicyclic) bond motifs is 3. The Morgan fingerprint density at radius 1 is 0.608 bits per heavy atom. The number of carbonyl (C=O) groups excluding carboxylic acids is 3. The average Bonchev–Trinajstić information content (AvgIpc) is 3.75. The lowest BCUT2D eigenvalue weighted by molar-refractivity contribution is 0.0186. The molecule has 6 fully saturated rings. The van der Waals surface area contributed by atoms with Gasteiger partial charge in [0, 0.05) is 64.5 Å². The van der Waals surface area contributed by atoms with Gasteiger partial charge in [0.25, 0.3) is 0 Å². The number of unbranched alkanes of at least 4 members (excludes halogenated alkanes) is 1. The van der Waals surface area contributed by atoms with Crippen LogP contribution in [0.15, 0.2) is 0 Å². The number of ether oxygens (including phenoxy) is 3. The topological polar surface area (TPSA) is 149 Å². The van der Waals surface area contributed by atoms with E-state index in [-0.39, 0.29) is 95.8 Å². The van der Waals surface area contributed by atoms with Gasteiger partial charge in [-0.1, -0.05) is 12.8 Å². The Labute approximate surface area is 304 Å². The van der Waals surface area contributed by atoms with Crippen LogP contribution >= 0.6 is 0 Å². The van der Waals surface area contributed by atoms with Gasteiger partial charge in [-0.2, -0.15) is 0 Å². The van der Waals surface area contributed by atoms with E-state index in [1.807, 2.05) is 77.0 Å². The fourth-order valence-corrected chi connectivity index (χ4v) is 11.3. The fourth-order valence-electron chi connectivity index (χ4n) is 11.3. The number of aliphatic hydroxyl groups is 3. The van der Waals surface area contributed by atoms with Crippen molar-refractivity contribution in [2.75, 3.05) is 59.1 Å². The summed E-state index contributed by atoms with van der Waals surface area (Å²) in [7, 11) is 0. The van der Waals surface area contributed by atoms with Gasteiger partial charge in [-0.15, -0.1) is 0 Å². The van der Waals surface area contributed by atoms with Gasteiger partial charge < -0.3 is 44.2 Å². The van der Waals surface area contributed by atoms with E-state index in [1.165, 1.54) is 0 Å². The van der Waals surface area contributed by atoms with Crippen molar-refractivity contribution < 1.29 is 43.9 Å². The van der Waals surface area contributed by atoms with Crippen LogP contribution in [0.3, 0.4) is 0 Å². The quantitative estimate of drug-likeness (QED) is 0.199. The van der Waals surface area contributed by atoms with Gasteiger partial charge in [-0.05, 0) is 134 Å². The summed E-state index contributed by atoms with van der Waals surface area (Å²) in [5, 5.41) is 31.4. The maximum absolute atomic E-state index is 13.3. The predicted molar refractivity (Wildman–Crippen MR) is 189 cm³/mol. The van der Waals surface area contributed by atoms with Crippen LogP contribution in [-0.4, -0.2) is 124 Å². The van der Waals surface area contributed by atoms with Crippen LogP contribution in [0, 0.1) is 57.7 Å². The Morgan fingerprint density at radius 2 is 1.02 bits per heavy atom. The molecule has 6 rings (SSSR count). The number of aliphatic hydroxyl groups excluding tert-OH is 3. The SMILES string of the molecule is CC(C)(C)OC(=O)N1CC2C(CO)C2(CCCCC(CC23CN(C(=O)OC(C)(C)C)CC2C3CO)C23CN(C(=O)OC(C)(C)C)CC2C3CO)C1. The molecule has 3 heterocycles. The summed E-state index contributed by atoms with van der Waals surface area (Å²) < 4.78 is 17.2. The van der Waals surface area contributed by atoms with Gasteiger partial charge in [0.15, 0.2) is 0 Å². The summed E-state index contributed by atoms with van der Waals surface area (Å²) in [5.74, 6) is 1.21. The zero-order valence-corrected chi connectivity index (χ0v) is 32.6. The number of amides is 3. The van der Waals surface area contributed by atoms with Crippen molar-refractivity contribution >= 4 is 18.3 Å². The molecule has 6 aliphatic rings. The van der Waals surface area contributed by atoms with Crippen LogP contribution in [-0.2, 0) is 14.2 Å². The highest BCUT2D eigenvalue weighted by molar-refractivity contribution is 5.70. The summed E-state index contributed by atoms with van der Waals surface area (Å²) in [5.41, 5.74) is -2.33. The number of hydrogen-bond donors (Lipinski definition) is 3. The zero-order valence-electron chi connectivity index (χ0n) is 32.6. The van der Waals surface area contributed by atoms with Gasteiger partial charge in [-0.3, -0.25) is 0 Å². The highest BCUT2D eigenvalue weighted by atomic mass is 16.6. The van der Waals surface area contributed by atoms with Crippen molar-refractivity contribution in [3.8, 4) is 0 Å². The molecule has 12 nitrogen and oxygen atoms in total. The first-order valence-electron chi connectivity index (χ1n) is 19.4. The maximum atomic E-state index is 13.3. The second-order valence-electron chi connectivity index (χ2n) is 20.0. The molecule has 0 bridgehead atoms. The molecule has 3 amide bonds. The van der Waals surface area contributed by atoms with Crippen LogP contribution in [0.2, 0.25) is 0 Å². The second kappa shape index (κ2) is 12.9. The molecule has 12 heteroatoms. The molecule has 0 aromatic carbocycles. The molecule has 3 N–H and O–H groups in total. The first kappa shape index (κ1) is 38.4. The molecule has 3 aliphatic heterocycles. The largest absolute Gasteiger partial charge is 0.444 e. The number of piperidine rings is 3. The molecule has 3 saturated heterocycles. The van der Waals surface area contributed by atoms with Crippen molar-refractivity contribution in [2.45, 2.75) is 111 Å². The lowest BCUT2D eigenvalue weighted by atomic mass is 9.74. The zero-order chi connectivity index (χ0) is 37.5. The van der Waals surface area contributed by atoms with Crippen LogP contribution in [0.25, 0.3) is 0 Å². The third-order valence-corrected chi connectivity index (χ3v) is 13.5. The van der Waals surface area contributed by atoms with Gasteiger partial charge in [0.1, 0.15) is 16.8 Å². The lowest BCUT2D eigenvalue weighted by Crippen LogP contribution is -2.41. The van der Waals surface area contributed by atoms with E-state index >= 15 is 0 Å². The molecule has 10 atom stereocenters. The van der Waals surface area contributed by atoms with Crippen molar-refractivity contribution in [2.24, 2.45) is 57.7 Å². The molecule has 3 aliphatic carbocycles. The Kier molecular flexibility index (Phi) is 9.73. The maximum Gasteiger partial charge on any atom is 0.410 e. The highest BCUT2D eigenvalue weighted by Gasteiger charge is 2.76. The van der Waals surface area contributed by atoms with Crippen LogP contribution in [0.5, 0.6) is 0 Å². The molecule has 0 radical (unpaired) electrons. The summed E-state index contributed by atoms with van der Waals surface area (Å²) in [6.45, 7) is 20.5. The third-order valence-electron chi connectivity index (χ3n) is 13.5. The monoisotopic (exact) mass is 719 g/mol. The fraction of sp³-hybridized carbons (Fsp3) is 0.923. The Morgan fingerprint density at radius 3 is 1.49 bits per heavy atom. The molecular formula is C39H65N3O9. The molecular weight excluding hydrogens is 654 g/mol. The van der Waals surface area contributed by atoms with Crippen molar-refractivity contribution in [1.29, 1.82) is 0 Å². The summed E-state index contributed by atoms with van der Waals surface area (Å²) >= 11 is 0. The Bertz CT molecular complexity index is 1350. The van der Waals surface area contributed by atoms with Crippen molar-refractivity contribution in [3.05, 3.63) is 0 Å². The Hall–Kier alpha value is -2.31. The number of rotatable bonds is 11. The normalized spacial score (nSPS) is 37.1. The van der Waals surface area contributed by atoms with E-state index in [0.717, 1.165) is 32.1 Å². The van der Waals surface area contributed by atoms with Crippen molar-refractivity contribution in [1.82, 2.24) is 14.7 Å². The van der Waals surface area contributed by atoms with Gasteiger partial charge in [-0.25, -0.2) is 14.4 Å². The molecule has 0 spiro atoms. The minimum atomic E-state index is -0.609. The van der Waals surface area contributed by atoms with Crippen LogP contribution in [0.1, 0.15) is 94.4 Å². The first-order valence-corrected chi connectivity index (χ1v) is 19.4. The average molecular weight is 720 g/mol. The summed E-state index contributed by atoms with van der Waals surface area (Å²) in [6, 6.07) is 0. The molecule has 51 heavy (non-hydrogen) atoms. The lowest BCUT2D eigenvalue weighted by Gasteiger charge is -2.34. The van der Waals surface area contributed by atoms with E-state index in [2.05, 4.69) is 0 Å². The van der Waals surface area contributed by atoms with E-state index in [9.17, 15) is 29.7 Å². The van der Waals surface area contributed by atoms with E-state index in [0.29, 0.717) is 39.3 Å². The smallest absolute Gasteiger partial charge is 0.410 e. The molecule has 290 valence electrons. The van der Waals surface area contributed by atoms with E-state index < -0.39 is 16.8 Å². The van der Waals surface area contributed by atoms with Gasteiger partial charge >= 0.3 is 18.3 Å². The highest BCUT2D eigenvalue weighted by Crippen LogP contribution is 2.74. The number of carbonyl (C=O) groups is 3. The number of nitrogens with zero attached hydrogens (tertiary/aromatic N) is 3. The van der Waals surface area contributed by atoms with E-state index in [4.69, 9.17) is 14.2 Å². The molecule has 10 unspecified atom stereocenters. The second-order valence-corrected chi connectivity index (χ2v) is 20.0. The molecule has 0 aromatic heterocycles.